The molecular formula is C12H17NO6S. The largest absolute Gasteiger partial charge is 0.492 e. The molecule has 0 amide bonds. The highest BCUT2D eigenvalue weighted by molar-refractivity contribution is 7.91. The number of aliphatic hydroxyl groups excluding tert-OH is 1. The molecule has 0 saturated heterocycles. The van der Waals surface area contributed by atoms with Gasteiger partial charge in [0.2, 0.25) is 0 Å². The number of benzene rings is 1. The van der Waals surface area contributed by atoms with Crippen molar-refractivity contribution in [2.75, 3.05) is 18.1 Å². The second-order valence-electron chi connectivity index (χ2n) is 4.21. The lowest BCUT2D eigenvalue weighted by molar-refractivity contribution is -0.385. The van der Waals surface area contributed by atoms with Crippen LogP contribution in [0.3, 0.4) is 0 Å². The van der Waals surface area contributed by atoms with Gasteiger partial charge in [-0.05, 0) is 12.5 Å². The number of ether oxygens (including phenoxy) is 1. The fraction of sp³-hybridized carbons (Fsp3) is 0.500. The Bertz CT molecular complexity index is 569. The molecule has 0 fully saturated rings. The second kappa shape index (κ2) is 7.20. The van der Waals surface area contributed by atoms with Gasteiger partial charge >= 0.3 is 0 Å². The maximum Gasteiger partial charge on any atom is 0.270 e. The Morgan fingerprint density at radius 2 is 2.05 bits per heavy atom. The van der Waals surface area contributed by atoms with Crippen molar-refractivity contribution in [3.05, 3.63) is 33.9 Å². The van der Waals surface area contributed by atoms with Crippen LogP contribution in [0.4, 0.5) is 5.69 Å². The first-order valence-corrected chi connectivity index (χ1v) is 7.93. The number of nitro groups is 1. The Hall–Kier alpha value is -1.67. The summed E-state index contributed by atoms with van der Waals surface area (Å²) in [5.74, 6) is 0.233. The molecule has 0 heterocycles. The third-order valence-corrected chi connectivity index (χ3v) is 4.41. The molecule has 0 aromatic heterocycles. The van der Waals surface area contributed by atoms with Crippen LogP contribution in [0.5, 0.6) is 5.75 Å². The number of hydrogen-bond donors (Lipinski definition) is 1. The van der Waals surface area contributed by atoms with Gasteiger partial charge in [-0.25, -0.2) is 8.42 Å². The van der Waals surface area contributed by atoms with Gasteiger partial charge in [0, 0.05) is 17.7 Å². The number of hydrogen-bond acceptors (Lipinski definition) is 6. The first-order valence-electron chi connectivity index (χ1n) is 6.11. The third kappa shape index (κ3) is 4.78. The molecule has 0 spiro atoms. The predicted octanol–water partition coefficient (Wildman–Crippen LogP) is 1.29. The molecular weight excluding hydrogens is 286 g/mol. The van der Waals surface area contributed by atoms with Crippen molar-refractivity contribution in [2.24, 2.45) is 0 Å². The standard InChI is InChI=1S/C12H17NO6S/c1-2-6-20(17,18)7-5-19-12-4-3-11(13(15)16)8-10(12)9-14/h3-4,8,14H,2,5-7,9H2,1H3. The Morgan fingerprint density at radius 3 is 2.60 bits per heavy atom. The second-order valence-corrected chi connectivity index (χ2v) is 6.51. The highest BCUT2D eigenvalue weighted by Gasteiger charge is 2.13. The van der Waals surface area contributed by atoms with Crippen molar-refractivity contribution in [3.63, 3.8) is 0 Å². The number of aliphatic hydroxyl groups is 1. The van der Waals surface area contributed by atoms with Gasteiger partial charge in [-0.15, -0.1) is 0 Å². The zero-order chi connectivity index (χ0) is 15.2. The van der Waals surface area contributed by atoms with E-state index in [1.165, 1.54) is 18.2 Å². The lowest BCUT2D eigenvalue weighted by Crippen LogP contribution is -2.17. The first kappa shape index (κ1) is 16.4. The summed E-state index contributed by atoms with van der Waals surface area (Å²) in [4.78, 5) is 10.0. The number of nitro benzene ring substituents is 1. The van der Waals surface area contributed by atoms with Crippen molar-refractivity contribution in [1.29, 1.82) is 0 Å². The average molecular weight is 303 g/mol. The lowest BCUT2D eigenvalue weighted by atomic mass is 10.2. The lowest BCUT2D eigenvalue weighted by Gasteiger charge is -2.10. The highest BCUT2D eigenvalue weighted by Crippen LogP contribution is 2.24. The molecule has 1 rings (SSSR count). The topological polar surface area (TPSA) is 107 Å². The number of nitrogens with zero attached hydrogens (tertiary/aromatic N) is 1. The van der Waals surface area contributed by atoms with Crippen LogP contribution in [0.15, 0.2) is 18.2 Å². The van der Waals surface area contributed by atoms with Crippen LogP contribution < -0.4 is 4.74 Å². The van der Waals surface area contributed by atoms with E-state index >= 15 is 0 Å². The molecule has 0 aliphatic rings. The maximum atomic E-state index is 11.5. The summed E-state index contributed by atoms with van der Waals surface area (Å²) >= 11 is 0. The summed E-state index contributed by atoms with van der Waals surface area (Å²) in [6.07, 6.45) is 0.543. The van der Waals surface area contributed by atoms with E-state index in [1.54, 1.807) is 6.92 Å². The molecule has 0 bridgehead atoms. The highest BCUT2D eigenvalue weighted by atomic mass is 32.2. The molecule has 0 saturated carbocycles. The monoisotopic (exact) mass is 303 g/mol. The molecule has 0 aliphatic heterocycles. The quantitative estimate of drug-likeness (QED) is 0.573. The summed E-state index contributed by atoms with van der Waals surface area (Å²) in [5.41, 5.74) is 0.104. The van der Waals surface area contributed by atoms with Crippen molar-refractivity contribution < 1.29 is 23.2 Å². The molecule has 8 heteroatoms. The molecule has 0 radical (unpaired) electrons. The van der Waals surface area contributed by atoms with Crippen molar-refractivity contribution in [1.82, 2.24) is 0 Å². The van der Waals surface area contributed by atoms with E-state index in [9.17, 15) is 18.5 Å². The number of rotatable bonds is 8. The van der Waals surface area contributed by atoms with Crippen LogP contribution in [0.25, 0.3) is 0 Å². The maximum absolute atomic E-state index is 11.5. The molecule has 7 nitrogen and oxygen atoms in total. The summed E-state index contributed by atoms with van der Waals surface area (Å²) in [5, 5.41) is 19.7. The SMILES string of the molecule is CCCS(=O)(=O)CCOc1ccc([N+](=O)[O-])cc1CO. The normalized spacial score (nSPS) is 11.3. The third-order valence-electron chi connectivity index (χ3n) is 2.59. The van der Waals surface area contributed by atoms with Crippen LogP contribution in [-0.2, 0) is 16.4 Å². The van der Waals surface area contributed by atoms with Crippen LogP contribution in [0.2, 0.25) is 0 Å². The van der Waals surface area contributed by atoms with E-state index in [0.29, 0.717) is 6.42 Å². The van der Waals surface area contributed by atoms with Crippen molar-refractivity contribution >= 4 is 15.5 Å². The van der Waals surface area contributed by atoms with Crippen LogP contribution in [0, 0.1) is 10.1 Å². The van der Waals surface area contributed by atoms with E-state index in [-0.39, 0.29) is 35.1 Å². The number of non-ortho nitro benzene ring substituents is 1. The molecule has 0 atom stereocenters. The minimum atomic E-state index is -3.14. The van der Waals surface area contributed by atoms with Crippen LogP contribution in [0.1, 0.15) is 18.9 Å². The predicted molar refractivity (Wildman–Crippen MR) is 73.5 cm³/mol. The van der Waals surface area contributed by atoms with Gasteiger partial charge in [-0.1, -0.05) is 6.92 Å². The van der Waals surface area contributed by atoms with Gasteiger partial charge in [0.05, 0.1) is 23.0 Å². The fourth-order valence-corrected chi connectivity index (χ4v) is 2.80. The summed E-state index contributed by atoms with van der Waals surface area (Å²) in [6.45, 7) is 1.31. The number of sulfone groups is 1. The first-order chi connectivity index (χ1) is 9.39. The molecule has 1 aromatic rings. The van der Waals surface area contributed by atoms with Crippen LogP contribution in [-0.4, -0.2) is 36.6 Å². The smallest absolute Gasteiger partial charge is 0.270 e. The average Bonchev–Trinajstić information content (AvgIpc) is 2.38. The molecule has 0 aliphatic carbocycles. The summed E-state index contributed by atoms with van der Waals surface area (Å²) in [7, 11) is -3.14. The van der Waals surface area contributed by atoms with E-state index in [4.69, 9.17) is 9.84 Å². The Balaban J connectivity index is 2.71. The molecule has 1 N–H and O–H groups in total. The molecule has 1 aromatic carbocycles. The van der Waals surface area contributed by atoms with Gasteiger partial charge in [-0.3, -0.25) is 10.1 Å². The van der Waals surface area contributed by atoms with Gasteiger partial charge in [0.15, 0.2) is 9.84 Å². The van der Waals surface area contributed by atoms with Gasteiger partial charge in [-0.2, -0.15) is 0 Å². The van der Waals surface area contributed by atoms with Crippen LogP contribution >= 0.6 is 0 Å². The van der Waals surface area contributed by atoms with Crippen molar-refractivity contribution in [3.8, 4) is 5.75 Å². The summed E-state index contributed by atoms with van der Waals surface area (Å²) < 4.78 is 28.3. The Kier molecular flexibility index (Phi) is 5.90. The van der Waals surface area contributed by atoms with E-state index < -0.39 is 21.4 Å². The van der Waals surface area contributed by atoms with Gasteiger partial charge < -0.3 is 9.84 Å². The zero-order valence-electron chi connectivity index (χ0n) is 11.1. The Labute approximate surface area is 117 Å². The fourth-order valence-electron chi connectivity index (χ4n) is 1.64. The minimum absolute atomic E-state index is 0.0485. The molecule has 112 valence electrons. The van der Waals surface area contributed by atoms with E-state index in [1.807, 2.05) is 0 Å². The van der Waals surface area contributed by atoms with E-state index in [0.717, 1.165) is 0 Å². The minimum Gasteiger partial charge on any atom is -0.492 e. The molecule has 0 unspecified atom stereocenters. The van der Waals surface area contributed by atoms with Gasteiger partial charge in [0.1, 0.15) is 12.4 Å². The zero-order valence-corrected chi connectivity index (χ0v) is 11.9. The Morgan fingerprint density at radius 1 is 1.35 bits per heavy atom. The van der Waals surface area contributed by atoms with Gasteiger partial charge in [0.25, 0.3) is 5.69 Å². The van der Waals surface area contributed by atoms with Crippen molar-refractivity contribution in [2.45, 2.75) is 20.0 Å². The molecule has 20 heavy (non-hydrogen) atoms. The summed E-state index contributed by atoms with van der Waals surface area (Å²) in [6, 6.07) is 3.81. The van der Waals surface area contributed by atoms with E-state index in [2.05, 4.69) is 0 Å².